The molecule has 2 rings (SSSR count). The molecule has 0 bridgehead atoms. The lowest BCUT2D eigenvalue weighted by atomic mass is 9.98. The van der Waals surface area contributed by atoms with Crippen LogP contribution in [0.25, 0.3) is 0 Å². The second kappa shape index (κ2) is 6.07. The van der Waals surface area contributed by atoms with E-state index >= 15 is 0 Å². The second-order valence-electron chi connectivity index (χ2n) is 4.83. The highest BCUT2D eigenvalue weighted by Crippen LogP contribution is 2.34. The summed E-state index contributed by atoms with van der Waals surface area (Å²) in [5.41, 5.74) is 0.927. The van der Waals surface area contributed by atoms with E-state index in [1.54, 1.807) is 6.07 Å². The van der Waals surface area contributed by atoms with E-state index in [9.17, 15) is 10.2 Å². The molecule has 1 heterocycles. The van der Waals surface area contributed by atoms with Gasteiger partial charge in [-0.05, 0) is 12.5 Å². The molecule has 1 aromatic carbocycles. The first-order valence-electron chi connectivity index (χ1n) is 6.69. The lowest BCUT2D eigenvalue weighted by Crippen LogP contribution is -2.45. The highest BCUT2D eigenvalue weighted by atomic mass is 16.3. The van der Waals surface area contributed by atoms with Crippen molar-refractivity contribution in [2.24, 2.45) is 0 Å². The maximum absolute atomic E-state index is 10.0. The van der Waals surface area contributed by atoms with Crippen LogP contribution in [0.4, 0.5) is 0 Å². The molecule has 4 heteroatoms. The molecule has 1 atom stereocenters. The number of hydrogen-bond acceptors (Lipinski definition) is 4. The van der Waals surface area contributed by atoms with E-state index in [0.29, 0.717) is 0 Å². The Kier molecular flexibility index (Phi) is 4.44. The Labute approximate surface area is 108 Å². The highest BCUT2D eigenvalue weighted by molar-refractivity contribution is 5.40. The van der Waals surface area contributed by atoms with Gasteiger partial charge in [0.05, 0.1) is 0 Å². The van der Waals surface area contributed by atoms with Crippen molar-refractivity contribution in [1.82, 2.24) is 10.2 Å². The monoisotopic (exact) mass is 250 g/mol. The minimum Gasteiger partial charge on any atom is -0.508 e. The molecule has 0 saturated carbocycles. The molecule has 1 aliphatic heterocycles. The molecule has 1 aliphatic rings. The molecule has 18 heavy (non-hydrogen) atoms. The molecule has 0 radical (unpaired) electrons. The minimum absolute atomic E-state index is 0.117. The van der Waals surface area contributed by atoms with Crippen molar-refractivity contribution in [1.29, 1.82) is 0 Å². The maximum atomic E-state index is 10.0. The fourth-order valence-electron chi connectivity index (χ4n) is 2.62. The topological polar surface area (TPSA) is 55.7 Å². The summed E-state index contributed by atoms with van der Waals surface area (Å²) in [6, 6.07) is 5.17. The number of phenols is 2. The van der Waals surface area contributed by atoms with E-state index in [-0.39, 0.29) is 17.5 Å². The molecule has 1 saturated heterocycles. The summed E-state index contributed by atoms with van der Waals surface area (Å²) in [5.74, 6) is 0.318. The van der Waals surface area contributed by atoms with E-state index in [2.05, 4.69) is 17.1 Å². The van der Waals surface area contributed by atoms with Crippen LogP contribution in [-0.2, 0) is 0 Å². The fourth-order valence-corrected chi connectivity index (χ4v) is 2.62. The standard InChI is InChI=1S/C14H22N2O2/c1-2-3-13(16-8-6-15-7-9-16)12-5-4-11(17)10-14(12)18/h4-5,10,13,15,17-18H,2-3,6-9H2,1H3/t13-/m1/s1. The molecule has 0 unspecified atom stereocenters. The molecule has 1 aromatic rings. The van der Waals surface area contributed by atoms with Crippen LogP contribution in [0.2, 0.25) is 0 Å². The molecule has 0 aromatic heterocycles. The van der Waals surface area contributed by atoms with Crippen LogP contribution in [0, 0.1) is 0 Å². The second-order valence-corrected chi connectivity index (χ2v) is 4.83. The Balaban J connectivity index is 2.22. The van der Waals surface area contributed by atoms with Gasteiger partial charge >= 0.3 is 0 Å². The molecular weight excluding hydrogens is 228 g/mol. The van der Waals surface area contributed by atoms with Crippen LogP contribution in [0.5, 0.6) is 11.5 Å². The van der Waals surface area contributed by atoms with Crippen molar-refractivity contribution in [3.63, 3.8) is 0 Å². The average molecular weight is 250 g/mol. The predicted octanol–water partition coefficient (Wildman–Crippen LogP) is 1.84. The summed E-state index contributed by atoms with van der Waals surface area (Å²) >= 11 is 0. The van der Waals surface area contributed by atoms with Crippen molar-refractivity contribution in [3.05, 3.63) is 23.8 Å². The summed E-state index contributed by atoms with van der Waals surface area (Å²) in [4.78, 5) is 2.41. The number of piperazine rings is 1. The molecule has 4 nitrogen and oxygen atoms in total. The molecule has 1 fully saturated rings. The number of nitrogens with one attached hydrogen (secondary N) is 1. The third-order valence-electron chi connectivity index (χ3n) is 3.53. The van der Waals surface area contributed by atoms with Crippen LogP contribution in [-0.4, -0.2) is 41.3 Å². The van der Waals surface area contributed by atoms with Crippen LogP contribution in [0.1, 0.15) is 31.4 Å². The SMILES string of the molecule is CCC[C@H](c1ccc(O)cc1O)N1CCNCC1. The van der Waals surface area contributed by atoms with Gasteiger partial charge < -0.3 is 15.5 Å². The number of aromatic hydroxyl groups is 2. The molecule has 3 N–H and O–H groups in total. The van der Waals surface area contributed by atoms with Gasteiger partial charge in [0.15, 0.2) is 0 Å². The normalized spacial score (nSPS) is 18.7. The number of benzene rings is 1. The van der Waals surface area contributed by atoms with E-state index in [1.165, 1.54) is 6.07 Å². The number of rotatable bonds is 4. The zero-order valence-electron chi connectivity index (χ0n) is 10.9. The van der Waals surface area contributed by atoms with Crippen LogP contribution >= 0.6 is 0 Å². The Hall–Kier alpha value is -1.26. The number of hydrogen-bond donors (Lipinski definition) is 3. The summed E-state index contributed by atoms with van der Waals surface area (Å²) in [6.45, 7) is 6.17. The summed E-state index contributed by atoms with van der Waals surface area (Å²) < 4.78 is 0. The van der Waals surface area contributed by atoms with E-state index in [0.717, 1.165) is 44.6 Å². The smallest absolute Gasteiger partial charge is 0.124 e. The van der Waals surface area contributed by atoms with Gasteiger partial charge in [-0.1, -0.05) is 19.4 Å². The first kappa shape index (κ1) is 13.2. The third kappa shape index (κ3) is 2.94. The summed E-state index contributed by atoms with van der Waals surface area (Å²) in [6.07, 6.45) is 2.10. The summed E-state index contributed by atoms with van der Waals surface area (Å²) in [5, 5.41) is 22.7. The van der Waals surface area contributed by atoms with Gasteiger partial charge in [-0.3, -0.25) is 4.90 Å². The van der Waals surface area contributed by atoms with Crippen molar-refractivity contribution >= 4 is 0 Å². The number of nitrogens with zero attached hydrogens (tertiary/aromatic N) is 1. The molecule has 0 amide bonds. The Morgan fingerprint density at radius 2 is 2.00 bits per heavy atom. The average Bonchev–Trinajstić information content (AvgIpc) is 2.38. The van der Waals surface area contributed by atoms with Gasteiger partial charge in [0.1, 0.15) is 11.5 Å². The van der Waals surface area contributed by atoms with E-state index < -0.39 is 0 Å². The molecule has 0 aliphatic carbocycles. The lowest BCUT2D eigenvalue weighted by molar-refractivity contribution is 0.162. The van der Waals surface area contributed by atoms with Crippen LogP contribution < -0.4 is 5.32 Å². The maximum Gasteiger partial charge on any atom is 0.124 e. The van der Waals surface area contributed by atoms with Crippen molar-refractivity contribution < 1.29 is 10.2 Å². The minimum atomic E-state index is 0.117. The van der Waals surface area contributed by atoms with Gasteiger partial charge in [0.25, 0.3) is 0 Å². The Bertz CT molecular complexity index is 389. The largest absolute Gasteiger partial charge is 0.508 e. The van der Waals surface area contributed by atoms with Gasteiger partial charge in [-0.2, -0.15) is 0 Å². The van der Waals surface area contributed by atoms with Crippen molar-refractivity contribution in [2.75, 3.05) is 26.2 Å². The quantitative estimate of drug-likeness (QED) is 0.763. The zero-order valence-corrected chi connectivity index (χ0v) is 10.9. The molecule has 100 valence electrons. The van der Waals surface area contributed by atoms with Gasteiger partial charge in [0.2, 0.25) is 0 Å². The fraction of sp³-hybridized carbons (Fsp3) is 0.571. The van der Waals surface area contributed by atoms with Crippen LogP contribution in [0.3, 0.4) is 0 Å². The highest BCUT2D eigenvalue weighted by Gasteiger charge is 2.23. The van der Waals surface area contributed by atoms with Gasteiger partial charge in [-0.25, -0.2) is 0 Å². The summed E-state index contributed by atoms with van der Waals surface area (Å²) in [7, 11) is 0. The molecular formula is C14H22N2O2. The molecule has 0 spiro atoms. The zero-order chi connectivity index (χ0) is 13.0. The van der Waals surface area contributed by atoms with Crippen LogP contribution in [0.15, 0.2) is 18.2 Å². The van der Waals surface area contributed by atoms with Gasteiger partial charge in [0, 0.05) is 43.9 Å². The third-order valence-corrected chi connectivity index (χ3v) is 3.53. The predicted molar refractivity (Wildman–Crippen MR) is 71.9 cm³/mol. The van der Waals surface area contributed by atoms with Crippen molar-refractivity contribution in [2.45, 2.75) is 25.8 Å². The van der Waals surface area contributed by atoms with Gasteiger partial charge in [-0.15, -0.1) is 0 Å². The first-order valence-corrected chi connectivity index (χ1v) is 6.69. The Morgan fingerprint density at radius 1 is 1.28 bits per heavy atom. The number of phenolic OH excluding ortho intramolecular Hbond substituents is 2. The van der Waals surface area contributed by atoms with E-state index in [4.69, 9.17) is 0 Å². The lowest BCUT2D eigenvalue weighted by Gasteiger charge is -2.35. The Morgan fingerprint density at radius 3 is 2.61 bits per heavy atom. The van der Waals surface area contributed by atoms with E-state index in [1.807, 2.05) is 6.07 Å². The first-order chi connectivity index (χ1) is 8.72. The van der Waals surface area contributed by atoms with Crippen molar-refractivity contribution in [3.8, 4) is 11.5 Å².